The third-order valence-electron chi connectivity index (χ3n) is 6.58. The molecule has 1 N–H and O–H groups in total. The molecule has 2 aromatic carbocycles. The van der Waals surface area contributed by atoms with Crippen LogP contribution in [0.15, 0.2) is 48.0 Å². The summed E-state index contributed by atoms with van der Waals surface area (Å²) in [5.41, 5.74) is 1.24. The van der Waals surface area contributed by atoms with Crippen molar-refractivity contribution >= 4 is 23.1 Å². The van der Waals surface area contributed by atoms with Crippen LogP contribution in [0.4, 0.5) is 5.69 Å². The van der Waals surface area contributed by atoms with Crippen LogP contribution in [-0.4, -0.2) is 78.0 Å². The topological polar surface area (TPSA) is 122 Å². The molecule has 2 saturated heterocycles. The average Bonchev–Trinajstić information content (AvgIpc) is 3.14. The second-order valence-electron chi connectivity index (χ2n) is 8.84. The van der Waals surface area contributed by atoms with Gasteiger partial charge >= 0.3 is 0 Å². The molecule has 1 unspecified atom stereocenters. The number of ether oxygens (including phenoxy) is 2. The Morgan fingerprint density at radius 3 is 2.58 bits per heavy atom. The van der Waals surface area contributed by atoms with E-state index in [-0.39, 0.29) is 23.6 Å². The number of carbonyl (C=O) groups excluding carboxylic acids is 2. The van der Waals surface area contributed by atoms with Gasteiger partial charge in [-0.25, -0.2) is 0 Å². The number of carbonyl (C=O) groups is 2. The molecule has 1 atom stereocenters. The maximum atomic E-state index is 13.2. The number of morpholine rings is 1. The van der Waals surface area contributed by atoms with Gasteiger partial charge in [0.15, 0.2) is 0 Å². The monoisotopic (exact) mass is 495 g/mol. The summed E-state index contributed by atoms with van der Waals surface area (Å²) in [6.45, 7) is 5.67. The summed E-state index contributed by atoms with van der Waals surface area (Å²) in [7, 11) is 1.53. The Hall–Kier alpha value is -3.76. The zero-order valence-electron chi connectivity index (χ0n) is 20.3. The quantitative estimate of drug-likeness (QED) is 0.195. The molecule has 0 radical (unpaired) electrons. The number of Topliss-reactive ketones (excluding diaryl/α,β-unsaturated/α-hetero) is 1. The van der Waals surface area contributed by atoms with Crippen molar-refractivity contribution in [2.75, 3.05) is 46.5 Å². The highest BCUT2D eigenvalue weighted by atomic mass is 16.6. The predicted molar refractivity (Wildman–Crippen MR) is 132 cm³/mol. The number of nitro groups is 1. The van der Waals surface area contributed by atoms with Crippen molar-refractivity contribution in [3.05, 3.63) is 74.8 Å². The number of ketones is 1. The van der Waals surface area contributed by atoms with E-state index in [9.17, 15) is 24.8 Å². The van der Waals surface area contributed by atoms with Gasteiger partial charge in [-0.15, -0.1) is 0 Å². The van der Waals surface area contributed by atoms with Crippen molar-refractivity contribution in [2.24, 2.45) is 0 Å². The molecule has 0 aliphatic carbocycles. The van der Waals surface area contributed by atoms with Crippen molar-refractivity contribution in [1.29, 1.82) is 0 Å². The zero-order valence-corrected chi connectivity index (χ0v) is 20.3. The lowest BCUT2D eigenvalue weighted by Crippen LogP contribution is -2.39. The van der Waals surface area contributed by atoms with Gasteiger partial charge in [-0.3, -0.25) is 24.6 Å². The van der Waals surface area contributed by atoms with Crippen molar-refractivity contribution in [3.63, 3.8) is 0 Å². The highest BCUT2D eigenvalue weighted by Gasteiger charge is 2.46. The van der Waals surface area contributed by atoms with Crippen LogP contribution in [0.25, 0.3) is 5.76 Å². The lowest BCUT2D eigenvalue weighted by atomic mass is 9.94. The summed E-state index contributed by atoms with van der Waals surface area (Å²) in [4.78, 5) is 40.9. The van der Waals surface area contributed by atoms with Gasteiger partial charge in [-0.05, 0) is 42.7 Å². The summed E-state index contributed by atoms with van der Waals surface area (Å²) in [5, 5.41) is 22.7. The first kappa shape index (κ1) is 25.3. The van der Waals surface area contributed by atoms with Crippen LogP contribution in [0.5, 0.6) is 5.75 Å². The number of methoxy groups -OCH3 is 1. The molecule has 10 nitrogen and oxygen atoms in total. The highest BCUT2D eigenvalue weighted by Crippen LogP contribution is 2.40. The smallest absolute Gasteiger partial charge is 0.295 e. The minimum Gasteiger partial charge on any atom is -0.507 e. The van der Waals surface area contributed by atoms with Crippen LogP contribution in [-0.2, 0) is 14.3 Å². The molecule has 4 rings (SSSR count). The Balaban J connectivity index is 1.73. The van der Waals surface area contributed by atoms with E-state index < -0.39 is 22.7 Å². The molecule has 2 heterocycles. The Morgan fingerprint density at radius 2 is 1.92 bits per heavy atom. The number of aliphatic hydroxyl groups is 1. The molecular formula is C26H29N3O7. The fraction of sp³-hybridized carbons (Fsp3) is 0.385. The molecule has 0 bridgehead atoms. The van der Waals surface area contributed by atoms with Crippen LogP contribution in [0.3, 0.4) is 0 Å². The summed E-state index contributed by atoms with van der Waals surface area (Å²) < 4.78 is 10.7. The number of benzene rings is 2. The molecule has 0 aromatic heterocycles. The maximum Gasteiger partial charge on any atom is 0.295 e. The number of hydrogen-bond donors (Lipinski definition) is 1. The number of hydrogen-bond acceptors (Lipinski definition) is 8. The molecule has 1 amide bonds. The molecule has 2 fully saturated rings. The minimum atomic E-state index is -0.947. The van der Waals surface area contributed by atoms with Gasteiger partial charge < -0.3 is 19.5 Å². The van der Waals surface area contributed by atoms with Crippen molar-refractivity contribution in [3.8, 4) is 5.75 Å². The Kier molecular flexibility index (Phi) is 7.66. The molecule has 10 heteroatoms. The third-order valence-corrected chi connectivity index (χ3v) is 6.58. The molecule has 36 heavy (non-hydrogen) atoms. The first-order chi connectivity index (χ1) is 17.3. The standard InChI is InChI=1S/C26H29N3O7/c1-17-15-19(7-8-21(17)35-2)24(30)22-23(18-5-3-6-20(16-18)29(33)34)28(26(32)25(22)31)10-4-9-27-11-13-36-14-12-27/h3,5-8,15-16,23,30H,4,9-14H2,1-2H3/b24-22+. The van der Waals surface area contributed by atoms with E-state index in [0.717, 1.165) is 18.7 Å². The van der Waals surface area contributed by atoms with E-state index in [2.05, 4.69) is 4.90 Å². The molecule has 2 aliphatic rings. The van der Waals surface area contributed by atoms with E-state index >= 15 is 0 Å². The van der Waals surface area contributed by atoms with Gasteiger partial charge in [-0.1, -0.05) is 12.1 Å². The van der Waals surface area contributed by atoms with E-state index in [1.165, 1.54) is 30.2 Å². The number of aryl methyl sites for hydroxylation is 1. The first-order valence-electron chi connectivity index (χ1n) is 11.8. The average molecular weight is 496 g/mol. The number of nitrogens with zero attached hydrogens (tertiary/aromatic N) is 3. The van der Waals surface area contributed by atoms with Crippen molar-refractivity contribution in [1.82, 2.24) is 9.80 Å². The maximum absolute atomic E-state index is 13.2. The van der Waals surface area contributed by atoms with Gasteiger partial charge in [0.25, 0.3) is 17.4 Å². The summed E-state index contributed by atoms with van der Waals surface area (Å²) in [6, 6.07) is 9.84. The second-order valence-corrected chi connectivity index (χ2v) is 8.84. The first-order valence-corrected chi connectivity index (χ1v) is 11.8. The van der Waals surface area contributed by atoms with Gasteiger partial charge in [0.2, 0.25) is 0 Å². The number of aliphatic hydroxyl groups excluding tert-OH is 1. The molecule has 190 valence electrons. The van der Waals surface area contributed by atoms with E-state index in [1.54, 1.807) is 31.2 Å². The van der Waals surface area contributed by atoms with Crippen molar-refractivity contribution < 1.29 is 29.1 Å². The van der Waals surface area contributed by atoms with Gasteiger partial charge in [-0.2, -0.15) is 0 Å². The molecule has 2 aromatic rings. The lowest BCUT2D eigenvalue weighted by molar-refractivity contribution is -0.384. The van der Waals surface area contributed by atoms with Crippen LogP contribution >= 0.6 is 0 Å². The zero-order chi connectivity index (χ0) is 25.8. The number of nitro benzene ring substituents is 1. The number of rotatable bonds is 8. The van der Waals surface area contributed by atoms with E-state index in [1.807, 2.05) is 0 Å². The fourth-order valence-electron chi connectivity index (χ4n) is 4.74. The lowest BCUT2D eigenvalue weighted by Gasteiger charge is -2.29. The minimum absolute atomic E-state index is 0.0866. The van der Waals surface area contributed by atoms with Crippen LogP contribution in [0, 0.1) is 17.0 Å². The normalized spacial score (nSPS) is 20.1. The Bertz CT molecular complexity index is 1200. The molecular weight excluding hydrogens is 466 g/mol. The van der Waals surface area contributed by atoms with Crippen LogP contribution in [0.1, 0.15) is 29.2 Å². The SMILES string of the molecule is COc1ccc(/C(O)=C2\C(=O)C(=O)N(CCCN3CCOCC3)C2c2cccc([N+](=O)[O-])c2)cc1C. The van der Waals surface area contributed by atoms with Gasteiger partial charge in [0.05, 0.1) is 36.9 Å². The Labute approximate surface area is 208 Å². The molecule has 0 saturated carbocycles. The van der Waals surface area contributed by atoms with Crippen LogP contribution in [0.2, 0.25) is 0 Å². The van der Waals surface area contributed by atoms with E-state index in [4.69, 9.17) is 9.47 Å². The summed E-state index contributed by atoms with van der Waals surface area (Å²) >= 11 is 0. The largest absolute Gasteiger partial charge is 0.507 e. The number of non-ortho nitro benzene ring substituents is 1. The fourth-order valence-corrected chi connectivity index (χ4v) is 4.74. The summed E-state index contributed by atoms with van der Waals surface area (Å²) in [5.74, 6) is -1.26. The Morgan fingerprint density at radius 1 is 1.17 bits per heavy atom. The molecule has 2 aliphatic heterocycles. The second kappa shape index (κ2) is 10.9. The van der Waals surface area contributed by atoms with Crippen LogP contribution < -0.4 is 4.74 Å². The third kappa shape index (κ3) is 5.09. The van der Waals surface area contributed by atoms with Gasteiger partial charge in [0, 0.05) is 43.9 Å². The number of likely N-dealkylation sites (tertiary alicyclic amines) is 1. The molecule has 0 spiro atoms. The van der Waals surface area contributed by atoms with Crippen molar-refractivity contribution in [2.45, 2.75) is 19.4 Å². The van der Waals surface area contributed by atoms with E-state index in [0.29, 0.717) is 43.1 Å². The highest BCUT2D eigenvalue weighted by molar-refractivity contribution is 6.46. The predicted octanol–water partition coefficient (Wildman–Crippen LogP) is 3.06. The summed E-state index contributed by atoms with van der Waals surface area (Å²) in [6.07, 6.45) is 0.597. The van der Waals surface area contributed by atoms with Gasteiger partial charge in [0.1, 0.15) is 11.5 Å². The number of amides is 1.